The van der Waals surface area contributed by atoms with Crippen molar-refractivity contribution in [2.45, 2.75) is 39.0 Å². The average Bonchev–Trinajstić information content (AvgIpc) is 2.51. The van der Waals surface area contributed by atoms with E-state index in [1.54, 1.807) is 22.8 Å². The molecule has 0 spiro atoms. The molecule has 0 N–H and O–H groups in total. The number of aromatic nitrogens is 2. The molecule has 5 nitrogen and oxygen atoms in total. The summed E-state index contributed by atoms with van der Waals surface area (Å²) in [4.78, 5) is 18.3. The van der Waals surface area contributed by atoms with Crippen LogP contribution in [0.1, 0.15) is 25.8 Å². The van der Waals surface area contributed by atoms with Crippen molar-refractivity contribution in [3.8, 4) is 5.88 Å². The quantitative estimate of drug-likeness (QED) is 0.873. The predicted octanol–water partition coefficient (Wildman–Crippen LogP) is 2.58. The lowest BCUT2D eigenvalue weighted by Gasteiger charge is -2.42. The van der Waals surface area contributed by atoms with Crippen molar-refractivity contribution in [2.75, 3.05) is 11.9 Å². The van der Waals surface area contributed by atoms with Crippen LogP contribution in [0.2, 0.25) is 0 Å². The van der Waals surface area contributed by atoms with Gasteiger partial charge in [-0.3, -0.25) is 4.57 Å². The highest BCUT2D eigenvalue weighted by atomic mass is 19.1. The van der Waals surface area contributed by atoms with E-state index in [4.69, 9.17) is 4.74 Å². The smallest absolute Gasteiger partial charge is 0.352 e. The predicted molar refractivity (Wildman–Crippen MR) is 86.3 cm³/mol. The number of halogens is 1. The van der Waals surface area contributed by atoms with Gasteiger partial charge in [-0.05, 0) is 38.0 Å². The number of nitrogens with zero attached hydrogens (tertiary/aromatic N) is 3. The molecule has 1 aromatic heterocycles. The zero-order chi connectivity index (χ0) is 16.6. The van der Waals surface area contributed by atoms with Crippen LogP contribution in [0.4, 0.5) is 10.2 Å². The number of hydrogen-bond donors (Lipinski definition) is 0. The molecule has 0 unspecified atom stereocenters. The van der Waals surface area contributed by atoms with Gasteiger partial charge in [0, 0.05) is 25.2 Å². The molecule has 0 fully saturated rings. The van der Waals surface area contributed by atoms with Crippen LogP contribution in [-0.2, 0) is 13.2 Å². The van der Waals surface area contributed by atoms with E-state index < -0.39 is 0 Å². The molecular weight excluding hydrogens is 297 g/mol. The summed E-state index contributed by atoms with van der Waals surface area (Å²) >= 11 is 0. The zero-order valence-corrected chi connectivity index (χ0v) is 13.5. The van der Waals surface area contributed by atoms with Crippen LogP contribution in [0, 0.1) is 5.82 Å². The molecule has 3 rings (SSSR count). The van der Waals surface area contributed by atoms with Crippen LogP contribution in [-0.4, -0.2) is 22.1 Å². The Bertz CT molecular complexity index is 768. The van der Waals surface area contributed by atoms with Crippen molar-refractivity contribution in [2.24, 2.45) is 0 Å². The molecule has 0 saturated heterocycles. The Kier molecular flexibility index (Phi) is 3.83. The number of anilines is 1. The molecule has 1 aliphatic rings. The van der Waals surface area contributed by atoms with Gasteiger partial charge in [0.25, 0.3) is 0 Å². The molecular formula is C17H20FN3O2. The molecule has 6 heteroatoms. The molecule has 0 bridgehead atoms. The first kappa shape index (κ1) is 15.5. The Morgan fingerprint density at radius 3 is 2.70 bits per heavy atom. The zero-order valence-electron chi connectivity index (χ0n) is 13.5. The highest BCUT2D eigenvalue weighted by Gasteiger charge is 2.31. The summed E-state index contributed by atoms with van der Waals surface area (Å²) in [5.74, 6) is 0.799. The molecule has 0 saturated carbocycles. The van der Waals surface area contributed by atoms with E-state index in [1.807, 2.05) is 7.05 Å². The van der Waals surface area contributed by atoms with Crippen LogP contribution < -0.4 is 15.3 Å². The van der Waals surface area contributed by atoms with Crippen molar-refractivity contribution in [1.29, 1.82) is 0 Å². The van der Waals surface area contributed by atoms with Gasteiger partial charge in [0.05, 0.1) is 0 Å². The van der Waals surface area contributed by atoms with Gasteiger partial charge in [0.2, 0.25) is 5.88 Å². The van der Waals surface area contributed by atoms with Gasteiger partial charge in [-0.25, -0.2) is 9.18 Å². The van der Waals surface area contributed by atoms with Crippen LogP contribution >= 0.6 is 0 Å². The molecule has 0 atom stereocenters. The van der Waals surface area contributed by atoms with Crippen molar-refractivity contribution >= 4 is 5.82 Å². The maximum Gasteiger partial charge on any atom is 0.352 e. The van der Waals surface area contributed by atoms with E-state index in [1.165, 1.54) is 12.1 Å². The topological polar surface area (TPSA) is 47.4 Å². The number of ether oxygens (including phenoxy) is 1. The van der Waals surface area contributed by atoms with Gasteiger partial charge in [0.1, 0.15) is 18.2 Å². The SMILES string of the molecule is CN1c2cc(OCc3ccc(F)cc3)nc(=O)n2CCC1(C)C. The molecule has 0 amide bonds. The Balaban J connectivity index is 1.84. The summed E-state index contributed by atoms with van der Waals surface area (Å²) in [6.07, 6.45) is 0.883. The van der Waals surface area contributed by atoms with Crippen LogP contribution in [0.5, 0.6) is 5.88 Å². The third kappa shape index (κ3) is 3.06. The highest BCUT2D eigenvalue weighted by molar-refractivity contribution is 5.45. The van der Waals surface area contributed by atoms with Gasteiger partial charge in [0.15, 0.2) is 0 Å². The fourth-order valence-electron chi connectivity index (χ4n) is 2.64. The Hall–Kier alpha value is -2.37. The fourth-order valence-corrected chi connectivity index (χ4v) is 2.64. The van der Waals surface area contributed by atoms with Crippen LogP contribution in [0.15, 0.2) is 35.1 Å². The molecule has 2 aromatic rings. The maximum atomic E-state index is 12.9. The van der Waals surface area contributed by atoms with E-state index in [0.717, 1.165) is 17.8 Å². The van der Waals surface area contributed by atoms with E-state index in [9.17, 15) is 9.18 Å². The van der Waals surface area contributed by atoms with Gasteiger partial charge >= 0.3 is 5.69 Å². The van der Waals surface area contributed by atoms with Crippen molar-refractivity contribution in [3.63, 3.8) is 0 Å². The van der Waals surface area contributed by atoms with Gasteiger partial charge in [-0.2, -0.15) is 4.98 Å². The lowest BCUT2D eigenvalue weighted by Crippen LogP contribution is -2.49. The molecule has 0 radical (unpaired) electrons. The molecule has 1 aliphatic heterocycles. The second kappa shape index (κ2) is 5.68. The lowest BCUT2D eigenvalue weighted by molar-refractivity contribution is 0.287. The number of rotatable bonds is 3. The Morgan fingerprint density at radius 1 is 1.30 bits per heavy atom. The summed E-state index contributed by atoms with van der Waals surface area (Å²) in [5.41, 5.74) is 0.487. The summed E-state index contributed by atoms with van der Waals surface area (Å²) in [7, 11) is 1.97. The molecule has 1 aromatic carbocycles. The Labute approximate surface area is 134 Å². The summed E-state index contributed by atoms with van der Waals surface area (Å²) in [6.45, 7) is 5.17. The number of hydrogen-bond acceptors (Lipinski definition) is 4. The molecule has 122 valence electrons. The van der Waals surface area contributed by atoms with Crippen LogP contribution in [0.3, 0.4) is 0 Å². The Morgan fingerprint density at radius 2 is 2.00 bits per heavy atom. The lowest BCUT2D eigenvalue weighted by atomic mass is 9.96. The first-order valence-electron chi connectivity index (χ1n) is 7.60. The van der Waals surface area contributed by atoms with E-state index in [2.05, 4.69) is 23.7 Å². The summed E-state index contributed by atoms with van der Waals surface area (Å²) in [6, 6.07) is 7.84. The second-order valence-electron chi connectivity index (χ2n) is 6.42. The van der Waals surface area contributed by atoms with E-state index in [-0.39, 0.29) is 29.5 Å². The third-order valence-electron chi connectivity index (χ3n) is 4.46. The largest absolute Gasteiger partial charge is 0.473 e. The average molecular weight is 317 g/mol. The number of fused-ring (bicyclic) bond motifs is 1. The second-order valence-corrected chi connectivity index (χ2v) is 6.42. The van der Waals surface area contributed by atoms with Crippen LogP contribution in [0.25, 0.3) is 0 Å². The van der Waals surface area contributed by atoms with E-state index in [0.29, 0.717) is 6.54 Å². The number of benzene rings is 1. The minimum atomic E-state index is -0.307. The first-order chi connectivity index (χ1) is 10.9. The van der Waals surface area contributed by atoms with Gasteiger partial charge in [-0.1, -0.05) is 12.1 Å². The van der Waals surface area contributed by atoms with E-state index >= 15 is 0 Å². The fraction of sp³-hybridized carbons (Fsp3) is 0.412. The summed E-state index contributed by atoms with van der Waals surface area (Å²) < 4.78 is 20.2. The first-order valence-corrected chi connectivity index (χ1v) is 7.60. The monoisotopic (exact) mass is 317 g/mol. The van der Waals surface area contributed by atoms with Crippen molar-refractivity contribution < 1.29 is 9.13 Å². The minimum absolute atomic E-state index is 0.0258. The van der Waals surface area contributed by atoms with Crippen molar-refractivity contribution in [1.82, 2.24) is 9.55 Å². The van der Waals surface area contributed by atoms with Gasteiger partial charge < -0.3 is 9.64 Å². The highest BCUT2D eigenvalue weighted by Crippen LogP contribution is 2.31. The van der Waals surface area contributed by atoms with Gasteiger partial charge in [-0.15, -0.1) is 0 Å². The molecule has 0 aliphatic carbocycles. The third-order valence-corrected chi connectivity index (χ3v) is 4.46. The minimum Gasteiger partial charge on any atom is -0.473 e. The maximum absolute atomic E-state index is 12.9. The summed E-state index contributed by atoms with van der Waals surface area (Å²) in [5, 5.41) is 0. The van der Waals surface area contributed by atoms with Crippen molar-refractivity contribution in [3.05, 3.63) is 52.2 Å². The standard InChI is InChI=1S/C17H20FN3O2/c1-17(2)8-9-21-15(20(17)3)10-14(19-16(21)22)23-11-12-4-6-13(18)7-5-12/h4-7,10H,8-9,11H2,1-3H3. The molecule has 23 heavy (non-hydrogen) atoms. The normalized spacial score (nSPS) is 16.1. The molecule has 2 heterocycles.